The zero-order chi connectivity index (χ0) is 9.10. The normalized spacial score (nSPS) is 28.4. The molecule has 2 aliphatic rings. The molecular formula is C12H23N. The van der Waals surface area contributed by atoms with Crippen LogP contribution in [0.25, 0.3) is 0 Å². The summed E-state index contributed by atoms with van der Waals surface area (Å²) in [5.74, 6) is 0.987. The van der Waals surface area contributed by atoms with Crippen LogP contribution in [0.3, 0.4) is 0 Å². The molecule has 0 heterocycles. The highest BCUT2D eigenvalue weighted by Gasteiger charge is 2.24. The van der Waals surface area contributed by atoms with Crippen LogP contribution in [0.5, 0.6) is 0 Å². The second-order valence-electron chi connectivity index (χ2n) is 4.98. The number of rotatable bonds is 3. The number of hydrogen-bond acceptors (Lipinski definition) is 1. The Labute approximate surface area is 82.3 Å². The summed E-state index contributed by atoms with van der Waals surface area (Å²) in [7, 11) is 0. The van der Waals surface area contributed by atoms with Crippen LogP contribution in [0.1, 0.15) is 58.3 Å². The summed E-state index contributed by atoms with van der Waals surface area (Å²) >= 11 is 0. The van der Waals surface area contributed by atoms with Crippen molar-refractivity contribution in [3.05, 3.63) is 0 Å². The van der Waals surface area contributed by atoms with Gasteiger partial charge in [-0.2, -0.15) is 0 Å². The molecule has 1 N–H and O–H groups in total. The lowest BCUT2D eigenvalue weighted by Gasteiger charge is -2.24. The third-order valence-electron chi connectivity index (χ3n) is 3.96. The van der Waals surface area contributed by atoms with Crippen LogP contribution in [0, 0.1) is 5.92 Å². The van der Waals surface area contributed by atoms with E-state index in [-0.39, 0.29) is 0 Å². The van der Waals surface area contributed by atoms with Gasteiger partial charge in [0, 0.05) is 12.1 Å². The van der Waals surface area contributed by atoms with E-state index >= 15 is 0 Å². The van der Waals surface area contributed by atoms with Gasteiger partial charge >= 0.3 is 0 Å². The first-order valence-corrected chi connectivity index (χ1v) is 6.12. The van der Waals surface area contributed by atoms with Crippen molar-refractivity contribution in [1.29, 1.82) is 0 Å². The molecule has 0 saturated heterocycles. The van der Waals surface area contributed by atoms with Crippen LogP contribution in [0.2, 0.25) is 0 Å². The minimum Gasteiger partial charge on any atom is -0.311 e. The first kappa shape index (κ1) is 9.51. The molecule has 1 heteroatoms. The summed E-state index contributed by atoms with van der Waals surface area (Å²) in [5.41, 5.74) is 0. The second-order valence-corrected chi connectivity index (χ2v) is 4.98. The first-order chi connectivity index (χ1) is 6.36. The van der Waals surface area contributed by atoms with Crippen molar-refractivity contribution in [2.24, 2.45) is 5.92 Å². The smallest absolute Gasteiger partial charge is 0.00696 e. The topological polar surface area (TPSA) is 12.0 Å². The molecule has 1 nitrogen and oxygen atoms in total. The maximum atomic E-state index is 3.82. The van der Waals surface area contributed by atoms with E-state index in [2.05, 4.69) is 12.2 Å². The summed E-state index contributed by atoms with van der Waals surface area (Å²) in [5, 5.41) is 3.82. The average molecular weight is 181 g/mol. The van der Waals surface area contributed by atoms with Gasteiger partial charge in [-0.3, -0.25) is 0 Å². The largest absolute Gasteiger partial charge is 0.311 e. The summed E-state index contributed by atoms with van der Waals surface area (Å²) in [4.78, 5) is 0. The summed E-state index contributed by atoms with van der Waals surface area (Å²) in [6, 6.07) is 1.64. The van der Waals surface area contributed by atoms with Gasteiger partial charge in [0.05, 0.1) is 0 Å². The van der Waals surface area contributed by atoms with E-state index in [9.17, 15) is 0 Å². The SMILES string of the molecule is C[C@@H](NC1CCCC1)C1CCCC1. The zero-order valence-corrected chi connectivity index (χ0v) is 8.89. The second kappa shape index (κ2) is 4.45. The molecule has 0 spiro atoms. The molecule has 13 heavy (non-hydrogen) atoms. The quantitative estimate of drug-likeness (QED) is 0.705. The zero-order valence-electron chi connectivity index (χ0n) is 8.89. The van der Waals surface area contributed by atoms with Crippen LogP contribution >= 0.6 is 0 Å². The Bertz CT molecular complexity index is 143. The van der Waals surface area contributed by atoms with E-state index < -0.39 is 0 Å². The van der Waals surface area contributed by atoms with E-state index in [0.29, 0.717) is 0 Å². The molecule has 0 radical (unpaired) electrons. The van der Waals surface area contributed by atoms with Crippen LogP contribution < -0.4 is 5.32 Å². The average Bonchev–Trinajstić information content (AvgIpc) is 2.74. The predicted octanol–water partition coefficient (Wildman–Crippen LogP) is 3.10. The van der Waals surface area contributed by atoms with Crippen LogP contribution in [-0.4, -0.2) is 12.1 Å². The van der Waals surface area contributed by atoms with Crippen LogP contribution in [0.4, 0.5) is 0 Å². The Balaban J connectivity index is 1.73. The maximum absolute atomic E-state index is 3.82. The van der Waals surface area contributed by atoms with Gasteiger partial charge in [0.25, 0.3) is 0 Å². The first-order valence-electron chi connectivity index (χ1n) is 6.12. The van der Waals surface area contributed by atoms with Gasteiger partial charge in [-0.1, -0.05) is 25.7 Å². The molecule has 0 bridgehead atoms. The van der Waals surface area contributed by atoms with Crippen molar-refractivity contribution in [2.45, 2.75) is 70.4 Å². The van der Waals surface area contributed by atoms with Crippen molar-refractivity contribution in [2.75, 3.05) is 0 Å². The Morgan fingerprint density at radius 1 is 0.923 bits per heavy atom. The molecule has 0 amide bonds. The summed E-state index contributed by atoms with van der Waals surface area (Å²) in [6.07, 6.45) is 11.7. The van der Waals surface area contributed by atoms with Gasteiger partial charge in [0.2, 0.25) is 0 Å². The predicted molar refractivity (Wildman–Crippen MR) is 56.8 cm³/mol. The fourth-order valence-corrected chi connectivity index (χ4v) is 3.06. The van der Waals surface area contributed by atoms with Crippen molar-refractivity contribution < 1.29 is 0 Å². The fourth-order valence-electron chi connectivity index (χ4n) is 3.06. The van der Waals surface area contributed by atoms with E-state index in [0.717, 1.165) is 18.0 Å². The number of hydrogen-bond donors (Lipinski definition) is 1. The molecular weight excluding hydrogens is 158 g/mol. The highest BCUT2D eigenvalue weighted by atomic mass is 15.0. The molecule has 0 aliphatic heterocycles. The van der Waals surface area contributed by atoms with E-state index in [1.165, 1.54) is 51.4 Å². The monoisotopic (exact) mass is 181 g/mol. The summed E-state index contributed by atoms with van der Waals surface area (Å²) < 4.78 is 0. The molecule has 0 aromatic rings. The lowest BCUT2D eigenvalue weighted by Crippen LogP contribution is -2.38. The molecule has 76 valence electrons. The third-order valence-corrected chi connectivity index (χ3v) is 3.96. The molecule has 0 aromatic carbocycles. The lowest BCUT2D eigenvalue weighted by molar-refractivity contribution is 0.342. The molecule has 2 rings (SSSR count). The van der Waals surface area contributed by atoms with Gasteiger partial charge in [-0.15, -0.1) is 0 Å². The van der Waals surface area contributed by atoms with Gasteiger partial charge in [0.15, 0.2) is 0 Å². The standard InChI is InChI=1S/C12H23N/c1-10(11-6-2-3-7-11)13-12-8-4-5-9-12/h10-13H,2-9H2,1H3/t10-/m1/s1. The summed E-state index contributed by atoms with van der Waals surface area (Å²) in [6.45, 7) is 2.40. The Morgan fingerprint density at radius 2 is 1.46 bits per heavy atom. The van der Waals surface area contributed by atoms with Crippen molar-refractivity contribution >= 4 is 0 Å². The molecule has 2 fully saturated rings. The van der Waals surface area contributed by atoms with Gasteiger partial charge in [-0.25, -0.2) is 0 Å². The van der Waals surface area contributed by atoms with E-state index in [1.54, 1.807) is 0 Å². The third kappa shape index (κ3) is 2.46. The molecule has 2 aliphatic carbocycles. The van der Waals surface area contributed by atoms with Crippen LogP contribution in [0.15, 0.2) is 0 Å². The highest BCUT2D eigenvalue weighted by Crippen LogP contribution is 2.29. The number of nitrogens with one attached hydrogen (secondary N) is 1. The van der Waals surface area contributed by atoms with Gasteiger partial charge in [0.1, 0.15) is 0 Å². The molecule has 2 saturated carbocycles. The Hall–Kier alpha value is -0.0400. The van der Waals surface area contributed by atoms with Crippen molar-refractivity contribution in [3.63, 3.8) is 0 Å². The Kier molecular flexibility index (Phi) is 3.26. The fraction of sp³-hybridized carbons (Fsp3) is 1.00. The molecule has 0 unspecified atom stereocenters. The van der Waals surface area contributed by atoms with Gasteiger partial charge < -0.3 is 5.32 Å². The van der Waals surface area contributed by atoms with Crippen molar-refractivity contribution in [3.8, 4) is 0 Å². The minimum atomic E-state index is 0.783. The lowest BCUT2D eigenvalue weighted by atomic mass is 9.99. The minimum absolute atomic E-state index is 0.783. The van der Waals surface area contributed by atoms with Gasteiger partial charge in [-0.05, 0) is 38.5 Å². The maximum Gasteiger partial charge on any atom is 0.00696 e. The Morgan fingerprint density at radius 3 is 2.08 bits per heavy atom. The van der Waals surface area contributed by atoms with E-state index in [4.69, 9.17) is 0 Å². The van der Waals surface area contributed by atoms with Crippen molar-refractivity contribution in [1.82, 2.24) is 5.32 Å². The molecule has 0 aromatic heterocycles. The van der Waals surface area contributed by atoms with Crippen LogP contribution in [-0.2, 0) is 0 Å². The highest BCUT2D eigenvalue weighted by molar-refractivity contribution is 4.82. The van der Waals surface area contributed by atoms with E-state index in [1.807, 2.05) is 0 Å². The molecule has 1 atom stereocenters.